The number of hydrogen-bond acceptors (Lipinski definition) is 4. The van der Waals surface area contributed by atoms with Crippen LogP contribution in [0.4, 0.5) is 0 Å². The van der Waals surface area contributed by atoms with Crippen LogP contribution >= 0.6 is 0 Å². The number of morpholine rings is 1. The zero-order chi connectivity index (χ0) is 16.6. The number of hydrogen-bond donors (Lipinski definition) is 0. The Hall–Kier alpha value is -1.75. The van der Waals surface area contributed by atoms with Gasteiger partial charge in [-0.3, -0.25) is 4.79 Å². The fourth-order valence-corrected chi connectivity index (χ4v) is 3.31. The third-order valence-corrected chi connectivity index (χ3v) is 4.18. The van der Waals surface area contributed by atoms with Crippen molar-refractivity contribution in [2.75, 3.05) is 19.7 Å². The number of carbonyl (C=O) groups is 1. The van der Waals surface area contributed by atoms with E-state index in [2.05, 4.69) is 13.8 Å². The molecule has 2 heterocycles. The Kier molecular flexibility index (Phi) is 4.23. The molecule has 0 aliphatic carbocycles. The van der Waals surface area contributed by atoms with Crippen LogP contribution in [0.15, 0.2) is 18.2 Å². The summed E-state index contributed by atoms with van der Waals surface area (Å²) in [5.74, 6) is 1.41. The predicted octanol–water partition coefficient (Wildman–Crippen LogP) is 2.41. The summed E-state index contributed by atoms with van der Waals surface area (Å²) in [6, 6.07) is 5.85. The van der Waals surface area contributed by atoms with Gasteiger partial charge in [0.1, 0.15) is 5.60 Å². The highest BCUT2D eigenvalue weighted by molar-refractivity contribution is 5.78. The molecule has 1 aromatic carbocycles. The van der Waals surface area contributed by atoms with E-state index < -0.39 is 0 Å². The molecule has 23 heavy (non-hydrogen) atoms. The van der Waals surface area contributed by atoms with Crippen molar-refractivity contribution in [2.24, 2.45) is 0 Å². The first-order chi connectivity index (χ1) is 10.8. The van der Waals surface area contributed by atoms with Gasteiger partial charge < -0.3 is 19.1 Å². The molecule has 1 aromatic rings. The Bertz CT molecular complexity index is 589. The summed E-state index contributed by atoms with van der Waals surface area (Å²) in [6.07, 6.45) is 0.979. The maximum Gasteiger partial charge on any atom is 0.260 e. The number of rotatable bonds is 3. The van der Waals surface area contributed by atoms with Gasteiger partial charge in [-0.25, -0.2) is 0 Å². The van der Waals surface area contributed by atoms with Gasteiger partial charge in [0, 0.05) is 25.1 Å². The topological polar surface area (TPSA) is 48.0 Å². The Morgan fingerprint density at radius 3 is 2.70 bits per heavy atom. The van der Waals surface area contributed by atoms with E-state index >= 15 is 0 Å². The van der Waals surface area contributed by atoms with Crippen LogP contribution in [0.3, 0.4) is 0 Å². The van der Waals surface area contributed by atoms with Gasteiger partial charge in [-0.05, 0) is 33.8 Å². The molecule has 0 bridgehead atoms. The van der Waals surface area contributed by atoms with Crippen LogP contribution in [0.2, 0.25) is 0 Å². The summed E-state index contributed by atoms with van der Waals surface area (Å²) in [5, 5.41) is 0. The third-order valence-electron chi connectivity index (χ3n) is 4.18. The Morgan fingerprint density at radius 2 is 2.00 bits per heavy atom. The molecule has 3 rings (SSSR count). The van der Waals surface area contributed by atoms with Gasteiger partial charge in [0.25, 0.3) is 5.91 Å². The largest absolute Gasteiger partial charge is 0.483 e. The molecule has 1 fully saturated rings. The molecule has 1 amide bonds. The smallest absolute Gasteiger partial charge is 0.260 e. The molecule has 0 saturated carbocycles. The second-order valence-electron chi connectivity index (χ2n) is 7.13. The summed E-state index contributed by atoms with van der Waals surface area (Å²) in [5.41, 5.74) is 0.912. The number of benzene rings is 1. The SMILES string of the molecule is C[C@H]1CN(C(=O)COc2cccc3c2OC(C)(C)C3)C[C@H](C)O1. The quantitative estimate of drug-likeness (QED) is 0.858. The second-order valence-corrected chi connectivity index (χ2v) is 7.13. The first-order valence-corrected chi connectivity index (χ1v) is 8.21. The highest BCUT2D eigenvalue weighted by Crippen LogP contribution is 2.41. The van der Waals surface area contributed by atoms with E-state index in [-0.39, 0.29) is 30.3 Å². The minimum atomic E-state index is -0.221. The van der Waals surface area contributed by atoms with Crippen LogP contribution < -0.4 is 9.47 Å². The van der Waals surface area contributed by atoms with Crippen molar-refractivity contribution >= 4 is 5.91 Å². The van der Waals surface area contributed by atoms with Gasteiger partial charge in [-0.15, -0.1) is 0 Å². The highest BCUT2D eigenvalue weighted by atomic mass is 16.5. The number of para-hydroxylation sites is 1. The van der Waals surface area contributed by atoms with Gasteiger partial charge in [-0.1, -0.05) is 12.1 Å². The van der Waals surface area contributed by atoms with E-state index in [0.717, 1.165) is 17.7 Å². The lowest BCUT2D eigenvalue weighted by atomic mass is 10.0. The van der Waals surface area contributed by atoms with E-state index in [0.29, 0.717) is 18.8 Å². The summed E-state index contributed by atoms with van der Waals surface area (Å²) in [7, 11) is 0. The van der Waals surface area contributed by atoms with Crippen LogP contribution in [0, 0.1) is 0 Å². The molecule has 2 aliphatic rings. The van der Waals surface area contributed by atoms with E-state index in [1.807, 2.05) is 36.9 Å². The lowest BCUT2D eigenvalue weighted by Crippen LogP contribution is -2.49. The van der Waals surface area contributed by atoms with Crippen molar-refractivity contribution in [1.82, 2.24) is 4.90 Å². The zero-order valence-corrected chi connectivity index (χ0v) is 14.3. The average molecular weight is 319 g/mol. The number of carbonyl (C=O) groups excluding carboxylic acids is 1. The molecule has 0 spiro atoms. The second kappa shape index (κ2) is 6.04. The average Bonchev–Trinajstić information content (AvgIpc) is 2.78. The van der Waals surface area contributed by atoms with E-state index in [4.69, 9.17) is 14.2 Å². The Labute approximate surface area is 137 Å². The number of ether oxygens (including phenoxy) is 3. The van der Waals surface area contributed by atoms with Gasteiger partial charge >= 0.3 is 0 Å². The molecule has 1 saturated heterocycles. The van der Waals surface area contributed by atoms with Crippen molar-refractivity contribution < 1.29 is 19.0 Å². The molecule has 0 unspecified atom stereocenters. The Morgan fingerprint density at radius 1 is 1.30 bits per heavy atom. The standard InChI is InChI=1S/C18H25NO4/c1-12-9-19(10-13(2)22-12)16(20)11-21-15-7-5-6-14-8-18(3,4)23-17(14)15/h5-7,12-13H,8-11H2,1-4H3/t12-,13-/m0/s1. The molecule has 5 heteroatoms. The molecule has 0 radical (unpaired) electrons. The molecule has 5 nitrogen and oxygen atoms in total. The summed E-state index contributed by atoms with van der Waals surface area (Å²) in [6.45, 7) is 9.33. The van der Waals surface area contributed by atoms with Gasteiger partial charge in [-0.2, -0.15) is 0 Å². The minimum absolute atomic E-state index is 0.0122. The molecule has 0 aromatic heterocycles. The third kappa shape index (κ3) is 3.61. The molecular weight excluding hydrogens is 294 g/mol. The molecule has 0 N–H and O–H groups in total. The lowest BCUT2D eigenvalue weighted by Gasteiger charge is -2.35. The van der Waals surface area contributed by atoms with E-state index in [1.54, 1.807) is 0 Å². The number of amides is 1. The van der Waals surface area contributed by atoms with Crippen molar-refractivity contribution in [3.63, 3.8) is 0 Å². The molecule has 2 aliphatic heterocycles. The first-order valence-electron chi connectivity index (χ1n) is 8.21. The van der Waals surface area contributed by atoms with Crippen molar-refractivity contribution in [3.8, 4) is 11.5 Å². The Balaban J connectivity index is 1.63. The summed E-state index contributed by atoms with van der Waals surface area (Å²) < 4.78 is 17.4. The highest BCUT2D eigenvalue weighted by Gasteiger charge is 2.32. The van der Waals surface area contributed by atoms with Gasteiger partial charge in [0.15, 0.2) is 18.1 Å². The summed E-state index contributed by atoms with van der Waals surface area (Å²) in [4.78, 5) is 14.2. The lowest BCUT2D eigenvalue weighted by molar-refractivity contribution is -0.145. The van der Waals surface area contributed by atoms with Crippen molar-refractivity contribution in [3.05, 3.63) is 23.8 Å². The van der Waals surface area contributed by atoms with Crippen molar-refractivity contribution in [2.45, 2.75) is 51.9 Å². The minimum Gasteiger partial charge on any atom is -0.483 e. The fraction of sp³-hybridized carbons (Fsp3) is 0.611. The molecular formula is C18H25NO4. The molecule has 2 atom stereocenters. The fourth-order valence-electron chi connectivity index (χ4n) is 3.31. The van der Waals surface area contributed by atoms with Crippen LogP contribution in [0.5, 0.6) is 11.5 Å². The zero-order valence-electron chi connectivity index (χ0n) is 14.3. The van der Waals surface area contributed by atoms with Crippen LogP contribution in [-0.4, -0.2) is 48.3 Å². The predicted molar refractivity (Wildman–Crippen MR) is 86.9 cm³/mol. The van der Waals surface area contributed by atoms with Crippen LogP contribution in [0.25, 0.3) is 0 Å². The number of fused-ring (bicyclic) bond motifs is 1. The summed E-state index contributed by atoms with van der Waals surface area (Å²) >= 11 is 0. The van der Waals surface area contributed by atoms with Crippen molar-refractivity contribution in [1.29, 1.82) is 0 Å². The van der Waals surface area contributed by atoms with Crippen LogP contribution in [0.1, 0.15) is 33.3 Å². The van der Waals surface area contributed by atoms with E-state index in [1.165, 1.54) is 0 Å². The maximum absolute atomic E-state index is 12.4. The monoisotopic (exact) mass is 319 g/mol. The first kappa shape index (κ1) is 16.1. The van der Waals surface area contributed by atoms with Gasteiger partial charge in [0.2, 0.25) is 0 Å². The van der Waals surface area contributed by atoms with Gasteiger partial charge in [0.05, 0.1) is 12.2 Å². The van der Waals surface area contributed by atoms with E-state index in [9.17, 15) is 4.79 Å². The van der Waals surface area contributed by atoms with Crippen LogP contribution in [-0.2, 0) is 16.0 Å². The normalized spacial score (nSPS) is 25.7. The number of nitrogens with zero attached hydrogens (tertiary/aromatic N) is 1. The maximum atomic E-state index is 12.4. The molecule has 126 valence electrons.